The Hall–Kier alpha value is -1.27. The Morgan fingerprint density at radius 3 is 2.89 bits per heavy atom. The SMILES string of the molecule is CCCN1CCOc2ccc(S(=O)(=O)NC)cc21. The lowest BCUT2D eigenvalue weighted by molar-refractivity contribution is 0.307. The molecule has 0 fully saturated rings. The van der Waals surface area contributed by atoms with Gasteiger partial charge in [0.1, 0.15) is 12.4 Å². The maximum Gasteiger partial charge on any atom is 0.240 e. The molecule has 0 saturated heterocycles. The van der Waals surface area contributed by atoms with Gasteiger partial charge in [0.15, 0.2) is 0 Å². The molecule has 0 amide bonds. The molecule has 6 heteroatoms. The van der Waals surface area contributed by atoms with Gasteiger partial charge in [-0.25, -0.2) is 13.1 Å². The van der Waals surface area contributed by atoms with Crippen LogP contribution in [-0.2, 0) is 10.0 Å². The first kappa shape index (κ1) is 13.2. The molecule has 1 heterocycles. The number of nitrogens with one attached hydrogen (secondary N) is 1. The highest BCUT2D eigenvalue weighted by molar-refractivity contribution is 7.89. The van der Waals surface area contributed by atoms with Crippen LogP contribution in [-0.4, -0.2) is 35.2 Å². The maximum atomic E-state index is 11.8. The van der Waals surface area contributed by atoms with Gasteiger partial charge < -0.3 is 9.64 Å². The van der Waals surface area contributed by atoms with Crippen LogP contribution in [0, 0.1) is 0 Å². The Morgan fingerprint density at radius 1 is 1.44 bits per heavy atom. The number of benzene rings is 1. The summed E-state index contributed by atoms with van der Waals surface area (Å²) in [6.45, 7) is 4.44. The van der Waals surface area contributed by atoms with E-state index < -0.39 is 10.0 Å². The van der Waals surface area contributed by atoms with Gasteiger partial charge >= 0.3 is 0 Å². The lowest BCUT2D eigenvalue weighted by Crippen LogP contribution is -2.33. The molecule has 1 N–H and O–H groups in total. The van der Waals surface area contributed by atoms with E-state index in [4.69, 9.17) is 4.74 Å². The molecule has 0 saturated carbocycles. The van der Waals surface area contributed by atoms with Crippen molar-refractivity contribution < 1.29 is 13.2 Å². The number of fused-ring (bicyclic) bond motifs is 1. The van der Waals surface area contributed by atoms with Crippen LogP contribution in [0.15, 0.2) is 23.1 Å². The highest BCUT2D eigenvalue weighted by Crippen LogP contribution is 2.33. The van der Waals surface area contributed by atoms with E-state index in [0.29, 0.717) is 6.61 Å². The third-order valence-corrected chi connectivity index (χ3v) is 4.37. The molecule has 1 aromatic rings. The minimum Gasteiger partial charge on any atom is -0.490 e. The molecule has 0 bridgehead atoms. The zero-order chi connectivity index (χ0) is 13.2. The summed E-state index contributed by atoms with van der Waals surface area (Å²) in [6.07, 6.45) is 1.02. The van der Waals surface area contributed by atoms with E-state index >= 15 is 0 Å². The van der Waals surface area contributed by atoms with E-state index in [2.05, 4.69) is 16.5 Å². The molecule has 0 aromatic heterocycles. The van der Waals surface area contributed by atoms with Crippen molar-refractivity contribution in [2.75, 3.05) is 31.6 Å². The molecule has 18 heavy (non-hydrogen) atoms. The number of ether oxygens (including phenoxy) is 1. The van der Waals surface area contributed by atoms with E-state index in [9.17, 15) is 8.42 Å². The Labute approximate surface area is 108 Å². The third-order valence-electron chi connectivity index (χ3n) is 2.96. The van der Waals surface area contributed by atoms with Crippen molar-refractivity contribution in [2.45, 2.75) is 18.2 Å². The summed E-state index contributed by atoms with van der Waals surface area (Å²) in [7, 11) is -1.99. The highest BCUT2D eigenvalue weighted by atomic mass is 32.2. The van der Waals surface area contributed by atoms with Crippen molar-refractivity contribution in [3.8, 4) is 5.75 Å². The number of sulfonamides is 1. The lowest BCUT2D eigenvalue weighted by atomic mass is 10.2. The predicted octanol–water partition coefficient (Wildman–Crippen LogP) is 1.20. The smallest absolute Gasteiger partial charge is 0.240 e. The minimum atomic E-state index is -3.40. The van der Waals surface area contributed by atoms with Gasteiger partial charge in [0.05, 0.1) is 17.1 Å². The van der Waals surface area contributed by atoms with Crippen LogP contribution in [0.4, 0.5) is 5.69 Å². The van der Waals surface area contributed by atoms with Gasteiger partial charge in [-0.15, -0.1) is 0 Å². The Balaban J connectivity index is 2.43. The fourth-order valence-electron chi connectivity index (χ4n) is 2.04. The first-order valence-electron chi connectivity index (χ1n) is 6.04. The van der Waals surface area contributed by atoms with Crippen LogP contribution in [0.1, 0.15) is 13.3 Å². The second-order valence-electron chi connectivity index (χ2n) is 4.17. The number of nitrogens with zero attached hydrogens (tertiary/aromatic N) is 1. The van der Waals surface area contributed by atoms with Crippen LogP contribution < -0.4 is 14.4 Å². The van der Waals surface area contributed by atoms with Gasteiger partial charge in [-0.3, -0.25) is 0 Å². The third kappa shape index (κ3) is 2.44. The molecule has 0 radical (unpaired) electrons. The van der Waals surface area contributed by atoms with Gasteiger partial charge in [-0.1, -0.05) is 6.92 Å². The largest absolute Gasteiger partial charge is 0.490 e. The van der Waals surface area contributed by atoms with Crippen molar-refractivity contribution >= 4 is 15.7 Å². The molecule has 0 spiro atoms. The lowest BCUT2D eigenvalue weighted by Gasteiger charge is -2.31. The summed E-state index contributed by atoms with van der Waals surface area (Å²) in [5.41, 5.74) is 0.861. The fraction of sp³-hybridized carbons (Fsp3) is 0.500. The average molecular weight is 270 g/mol. The first-order chi connectivity index (χ1) is 8.58. The predicted molar refractivity (Wildman–Crippen MR) is 70.7 cm³/mol. The minimum absolute atomic E-state index is 0.273. The summed E-state index contributed by atoms with van der Waals surface area (Å²) < 4.78 is 31.4. The summed E-state index contributed by atoms with van der Waals surface area (Å²) in [6, 6.07) is 4.97. The molecule has 100 valence electrons. The quantitative estimate of drug-likeness (QED) is 0.893. The Kier molecular flexibility index (Phi) is 3.77. The molecule has 5 nitrogen and oxygen atoms in total. The van der Waals surface area contributed by atoms with E-state index in [-0.39, 0.29) is 4.90 Å². The van der Waals surface area contributed by atoms with Crippen molar-refractivity contribution in [1.82, 2.24) is 4.72 Å². The van der Waals surface area contributed by atoms with Crippen LogP contribution in [0.5, 0.6) is 5.75 Å². The normalized spacial score (nSPS) is 15.1. The zero-order valence-corrected chi connectivity index (χ0v) is 11.5. The fourth-order valence-corrected chi connectivity index (χ4v) is 2.79. The van der Waals surface area contributed by atoms with Crippen molar-refractivity contribution in [1.29, 1.82) is 0 Å². The van der Waals surface area contributed by atoms with Gasteiger partial charge in [0.2, 0.25) is 10.0 Å². The zero-order valence-electron chi connectivity index (χ0n) is 10.6. The van der Waals surface area contributed by atoms with Gasteiger partial charge in [0.25, 0.3) is 0 Å². The maximum absolute atomic E-state index is 11.8. The van der Waals surface area contributed by atoms with E-state index in [1.807, 2.05) is 0 Å². The summed E-state index contributed by atoms with van der Waals surface area (Å²) in [5.74, 6) is 0.754. The number of rotatable bonds is 4. The van der Waals surface area contributed by atoms with Gasteiger partial charge in [0, 0.05) is 6.54 Å². The molecule has 0 unspecified atom stereocenters. The highest BCUT2D eigenvalue weighted by Gasteiger charge is 2.21. The van der Waals surface area contributed by atoms with Gasteiger partial charge in [-0.2, -0.15) is 0 Å². The van der Waals surface area contributed by atoms with Crippen LogP contribution in [0.3, 0.4) is 0 Å². The van der Waals surface area contributed by atoms with E-state index in [1.165, 1.54) is 7.05 Å². The van der Waals surface area contributed by atoms with Crippen LogP contribution in [0.2, 0.25) is 0 Å². The molecular formula is C12H18N2O3S. The monoisotopic (exact) mass is 270 g/mol. The van der Waals surface area contributed by atoms with E-state index in [0.717, 1.165) is 30.9 Å². The molecule has 1 aromatic carbocycles. The first-order valence-corrected chi connectivity index (χ1v) is 7.52. The summed E-state index contributed by atoms with van der Waals surface area (Å²) in [4.78, 5) is 2.43. The number of hydrogen-bond donors (Lipinski definition) is 1. The Morgan fingerprint density at radius 2 is 2.22 bits per heavy atom. The molecule has 1 aliphatic heterocycles. The van der Waals surface area contributed by atoms with Crippen LogP contribution in [0.25, 0.3) is 0 Å². The molecular weight excluding hydrogens is 252 g/mol. The second-order valence-corrected chi connectivity index (χ2v) is 6.06. The number of anilines is 1. The average Bonchev–Trinajstić information content (AvgIpc) is 2.39. The van der Waals surface area contributed by atoms with Crippen molar-refractivity contribution in [3.63, 3.8) is 0 Å². The molecule has 0 atom stereocenters. The standard InChI is InChI=1S/C12H18N2O3S/c1-3-6-14-7-8-17-12-5-4-10(9-11(12)14)18(15,16)13-2/h4-5,9,13H,3,6-8H2,1-2H3. The van der Waals surface area contributed by atoms with Gasteiger partial charge in [-0.05, 0) is 31.7 Å². The molecule has 2 rings (SSSR count). The summed E-state index contributed by atoms with van der Waals surface area (Å²) >= 11 is 0. The van der Waals surface area contributed by atoms with Crippen molar-refractivity contribution in [2.24, 2.45) is 0 Å². The van der Waals surface area contributed by atoms with Crippen molar-refractivity contribution in [3.05, 3.63) is 18.2 Å². The molecule has 1 aliphatic rings. The summed E-state index contributed by atoms with van der Waals surface area (Å²) in [5, 5.41) is 0. The Bertz CT molecular complexity index is 528. The second kappa shape index (κ2) is 5.16. The topological polar surface area (TPSA) is 58.6 Å². The number of hydrogen-bond acceptors (Lipinski definition) is 4. The van der Waals surface area contributed by atoms with Crippen LogP contribution >= 0.6 is 0 Å². The molecule has 0 aliphatic carbocycles. The van der Waals surface area contributed by atoms with E-state index in [1.54, 1.807) is 18.2 Å².